The van der Waals surface area contributed by atoms with Crippen LogP contribution in [-0.4, -0.2) is 22.7 Å². The Bertz CT molecular complexity index is 898. The van der Waals surface area contributed by atoms with E-state index in [1.54, 1.807) is 0 Å². The van der Waals surface area contributed by atoms with Gasteiger partial charge in [0.05, 0.1) is 18.7 Å². The number of carbonyl (C=O) groups is 1. The van der Waals surface area contributed by atoms with Crippen molar-refractivity contribution in [1.82, 2.24) is 4.98 Å². The van der Waals surface area contributed by atoms with Crippen molar-refractivity contribution >= 4 is 17.3 Å². The van der Waals surface area contributed by atoms with Crippen molar-refractivity contribution in [2.75, 3.05) is 6.61 Å². The van der Waals surface area contributed by atoms with Gasteiger partial charge >= 0.3 is 5.97 Å². The van der Waals surface area contributed by atoms with Crippen LogP contribution >= 0.6 is 11.3 Å². The highest BCUT2D eigenvalue weighted by Gasteiger charge is 2.16. The average molecular weight is 381 g/mol. The van der Waals surface area contributed by atoms with Gasteiger partial charge in [-0.3, -0.25) is 4.79 Å². The van der Waals surface area contributed by atoms with Crippen molar-refractivity contribution in [2.45, 2.75) is 33.1 Å². The van der Waals surface area contributed by atoms with Crippen LogP contribution in [0.25, 0.3) is 21.8 Å². The van der Waals surface area contributed by atoms with Gasteiger partial charge in [0.1, 0.15) is 10.8 Å². The summed E-state index contributed by atoms with van der Waals surface area (Å²) in [4.78, 5) is 16.8. The van der Waals surface area contributed by atoms with Gasteiger partial charge in [0.15, 0.2) is 0 Å². The number of hydrogen-bond acceptors (Lipinski definition) is 4. The average Bonchev–Trinajstić information content (AvgIpc) is 3.06. The lowest BCUT2D eigenvalue weighted by atomic mass is 10.1. The monoisotopic (exact) mass is 381 g/mol. The fourth-order valence-electron chi connectivity index (χ4n) is 2.70. The highest BCUT2D eigenvalue weighted by Crippen LogP contribution is 2.35. The highest BCUT2D eigenvalue weighted by molar-refractivity contribution is 7.15. The number of benzene rings is 2. The molecular formula is C22H23NO3S. The summed E-state index contributed by atoms with van der Waals surface area (Å²) in [5, 5.41) is 10.1. The number of rotatable bonds is 8. The molecule has 3 aromatic rings. The number of nitrogens with zero attached hydrogens (tertiary/aromatic N) is 1. The molecule has 1 heterocycles. The smallest absolute Gasteiger partial charge is 0.308 e. The number of unbranched alkanes of at least 4 members (excludes halogenated alkanes) is 1. The minimum Gasteiger partial charge on any atom is -0.494 e. The van der Waals surface area contributed by atoms with E-state index >= 15 is 0 Å². The van der Waals surface area contributed by atoms with Gasteiger partial charge in [0.2, 0.25) is 0 Å². The topological polar surface area (TPSA) is 59.4 Å². The lowest BCUT2D eigenvalue weighted by Gasteiger charge is -2.05. The Kier molecular flexibility index (Phi) is 6.24. The molecule has 0 saturated carbocycles. The SMILES string of the molecule is CCCCOc1ccc(-c2nc(-c3ccc(C)cc3)c(CC(=O)O)s2)cc1. The van der Waals surface area contributed by atoms with E-state index in [2.05, 4.69) is 6.92 Å². The Morgan fingerprint density at radius 1 is 1.07 bits per heavy atom. The molecule has 0 bridgehead atoms. The van der Waals surface area contributed by atoms with E-state index in [0.29, 0.717) is 6.61 Å². The maximum atomic E-state index is 11.3. The molecule has 1 N–H and O–H groups in total. The molecule has 0 saturated heterocycles. The summed E-state index contributed by atoms with van der Waals surface area (Å²) in [5.74, 6) is -0.00786. The van der Waals surface area contributed by atoms with Crippen LogP contribution in [0.4, 0.5) is 0 Å². The van der Waals surface area contributed by atoms with E-state index < -0.39 is 5.97 Å². The van der Waals surface area contributed by atoms with E-state index in [0.717, 1.165) is 50.9 Å². The Morgan fingerprint density at radius 3 is 2.37 bits per heavy atom. The van der Waals surface area contributed by atoms with E-state index in [9.17, 15) is 9.90 Å². The molecule has 1 aromatic heterocycles. The Labute approximate surface area is 163 Å². The number of aliphatic carboxylic acids is 1. The molecule has 0 atom stereocenters. The van der Waals surface area contributed by atoms with Crippen LogP contribution in [0, 0.1) is 6.92 Å². The second-order valence-corrected chi connectivity index (χ2v) is 7.54. The Hall–Kier alpha value is -2.66. The predicted molar refractivity (Wildman–Crippen MR) is 109 cm³/mol. The van der Waals surface area contributed by atoms with Crippen molar-refractivity contribution in [1.29, 1.82) is 0 Å². The van der Waals surface area contributed by atoms with E-state index in [1.165, 1.54) is 11.3 Å². The normalized spacial score (nSPS) is 10.7. The van der Waals surface area contributed by atoms with Crippen molar-refractivity contribution < 1.29 is 14.6 Å². The molecule has 27 heavy (non-hydrogen) atoms. The van der Waals surface area contributed by atoms with E-state index in [-0.39, 0.29) is 6.42 Å². The number of hydrogen-bond donors (Lipinski definition) is 1. The molecule has 5 heteroatoms. The number of thiazole rings is 1. The van der Waals surface area contributed by atoms with Gasteiger partial charge in [-0.25, -0.2) is 4.98 Å². The van der Waals surface area contributed by atoms with Gasteiger partial charge in [-0.15, -0.1) is 11.3 Å². The minimum absolute atomic E-state index is 0.0287. The molecule has 0 unspecified atom stereocenters. The van der Waals surface area contributed by atoms with Gasteiger partial charge in [0.25, 0.3) is 0 Å². The number of carboxylic acid groups (broad SMARTS) is 1. The van der Waals surface area contributed by atoms with Crippen molar-refractivity contribution in [2.24, 2.45) is 0 Å². The van der Waals surface area contributed by atoms with E-state index in [1.807, 2.05) is 55.5 Å². The first-order valence-electron chi connectivity index (χ1n) is 9.08. The zero-order valence-electron chi connectivity index (χ0n) is 15.6. The van der Waals surface area contributed by atoms with Crippen LogP contribution < -0.4 is 4.74 Å². The van der Waals surface area contributed by atoms with Crippen LogP contribution in [0.5, 0.6) is 5.75 Å². The molecule has 2 aromatic carbocycles. The van der Waals surface area contributed by atoms with Gasteiger partial charge in [-0.05, 0) is 37.6 Å². The van der Waals surface area contributed by atoms with Gasteiger partial charge in [-0.2, -0.15) is 0 Å². The van der Waals surface area contributed by atoms with Crippen molar-refractivity contribution in [3.8, 4) is 27.6 Å². The molecule has 140 valence electrons. The molecule has 4 nitrogen and oxygen atoms in total. The summed E-state index contributed by atoms with van der Waals surface area (Å²) in [5.41, 5.74) is 3.82. The summed E-state index contributed by atoms with van der Waals surface area (Å²) in [7, 11) is 0. The molecule has 0 aliphatic carbocycles. The second-order valence-electron chi connectivity index (χ2n) is 6.45. The maximum Gasteiger partial charge on any atom is 0.308 e. The predicted octanol–water partition coefficient (Wildman–Crippen LogP) is 5.59. The van der Waals surface area contributed by atoms with Crippen molar-refractivity contribution in [3.05, 3.63) is 59.0 Å². The van der Waals surface area contributed by atoms with Crippen LogP contribution in [0.3, 0.4) is 0 Å². The summed E-state index contributed by atoms with van der Waals surface area (Å²) >= 11 is 1.43. The number of carboxylic acids is 1. The largest absolute Gasteiger partial charge is 0.494 e. The lowest BCUT2D eigenvalue weighted by Crippen LogP contribution is -1.99. The van der Waals surface area contributed by atoms with Gasteiger partial charge < -0.3 is 9.84 Å². The van der Waals surface area contributed by atoms with Crippen LogP contribution in [0.2, 0.25) is 0 Å². The molecule has 0 aliphatic heterocycles. The molecule has 0 radical (unpaired) electrons. The zero-order chi connectivity index (χ0) is 19.2. The lowest BCUT2D eigenvalue weighted by molar-refractivity contribution is -0.136. The van der Waals surface area contributed by atoms with Crippen LogP contribution in [0.1, 0.15) is 30.2 Å². The second kappa shape index (κ2) is 8.82. The first-order chi connectivity index (χ1) is 13.1. The number of ether oxygens (including phenoxy) is 1. The summed E-state index contributed by atoms with van der Waals surface area (Å²) < 4.78 is 5.70. The molecule has 0 aliphatic rings. The molecule has 0 amide bonds. The van der Waals surface area contributed by atoms with Crippen LogP contribution in [-0.2, 0) is 11.2 Å². The first kappa shape index (κ1) is 19.1. The summed E-state index contributed by atoms with van der Waals surface area (Å²) in [6.45, 7) is 4.88. The number of aryl methyl sites for hydroxylation is 1. The molecule has 0 spiro atoms. The van der Waals surface area contributed by atoms with Crippen LogP contribution in [0.15, 0.2) is 48.5 Å². The highest BCUT2D eigenvalue weighted by atomic mass is 32.1. The minimum atomic E-state index is -0.849. The third-order valence-electron chi connectivity index (χ3n) is 4.20. The molecular weight excluding hydrogens is 358 g/mol. The van der Waals surface area contributed by atoms with Gasteiger partial charge in [0, 0.05) is 16.0 Å². The van der Waals surface area contributed by atoms with Crippen molar-refractivity contribution in [3.63, 3.8) is 0 Å². The van der Waals surface area contributed by atoms with E-state index in [4.69, 9.17) is 9.72 Å². The fourth-order valence-corrected chi connectivity index (χ4v) is 3.78. The fraction of sp³-hybridized carbons (Fsp3) is 0.273. The third kappa shape index (κ3) is 4.95. The molecule has 0 fully saturated rings. The Morgan fingerprint density at radius 2 is 1.74 bits per heavy atom. The Balaban J connectivity index is 1.89. The number of aromatic nitrogens is 1. The first-order valence-corrected chi connectivity index (χ1v) is 9.90. The van der Waals surface area contributed by atoms with Gasteiger partial charge in [-0.1, -0.05) is 43.2 Å². The third-order valence-corrected chi connectivity index (χ3v) is 5.31. The summed E-state index contributed by atoms with van der Waals surface area (Å²) in [6.07, 6.45) is 2.11. The summed E-state index contributed by atoms with van der Waals surface area (Å²) in [6, 6.07) is 15.8. The quantitative estimate of drug-likeness (QED) is 0.517. The molecule has 3 rings (SSSR count). The zero-order valence-corrected chi connectivity index (χ0v) is 16.4. The maximum absolute atomic E-state index is 11.3. The standard InChI is InChI=1S/C22H23NO3S/c1-3-4-13-26-18-11-9-17(10-12-18)22-23-21(19(27-22)14-20(24)25)16-7-5-15(2)6-8-16/h5-12H,3-4,13-14H2,1-2H3,(H,24,25).